The van der Waals surface area contributed by atoms with Gasteiger partial charge in [0.2, 0.25) is 0 Å². The van der Waals surface area contributed by atoms with Crippen molar-refractivity contribution in [2.24, 2.45) is 5.92 Å². The van der Waals surface area contributed by atoms with Gasteiger partial charge in [-0.25, -0.2) is 23.3 Å². The number of hydrogen-bond acceptors (Lipinski definition) is 5. The van der Waals surface area contributed by atoms with Gasteiger partial charge in [0.25, 0.3) is 0 Å². The Morgan fingerprint density at radius 1 is 1.10 bits per heavy atom. The van der Waals surface area contributed by atoms with Gasteiger partial charge in [0, 0.05) is 29.4 Å². The lowest BCUT2D eigenvalue weighted by molar-refractivity contribution is 0.544. The molecule has 5 nitrogen and oxygen atoms in total. The summed E-state index contributed by atoms with van der Waals surface area (Å²) in [6.45, 7) is 0.774. The number of aromatic nitrogens is 4. The van der Waals surface area contributed by atoms with Crippen LogP contribution in [0.25, 0.3) is 16.2 Å². The normalized spacial score (nSPS) is 24.7. The highest BCUT2D eigenvalue weighted by atomic mass is 32.1. The van der Waals surface area contributed by atoms with E-state index in [9.17, 15) is 8.78 Å². The van der Waals surface area contributed by atoms with Crippen molar-refractivity contribution in [1.82, 2.24) is 19.6 Å². The fraction of sp³-hybridized carbons (Fsp3) is 0.348. The predicted molar refractivity (Wildman–Crippen MR) is 114 cm³/mol. The average molecular weight is 436 g/mol. The van der Waals surface area contributed by atoms with E-state index in [4.69, 9.17) is 4.98 Å². The van der Waals surface area contributed by atoms with E-state index in [-0.39, 0.29) is 5.82 Å². The number of rotatable bonds is 4. The summed E-state index contributed by atoms with van der Waals surface area (Å²) in [4.78, 5) is 13.0. The molecule has 7 rings (SSSR count). The van der Waals surface area contributed by atoms with E-state index >= 15 is 0 Å². The number of anilines is 1. The van der Waals surface area contributed by atoms with Gasteiger partial charge in [-0.2, -0.15) is 5.10 Å². The van der Waals surface area contributed by atoms with E-state index in [1.807, 2.05) is 24.7 Å². The Morgan fingerprint density at radius 3 is 2.84 bits per heavy atom. The molecule has 2 atom stereocenters. The Hall–Kier alpha value is -2.87. The predicted octanol–water partition coefficient (Wildman–Crippen LogP) is 5.13. The smallest absolute Gasteiger partial charge is 0.167 e. The van der Waals surface area contributed by atoms with Gasteiger partial charge in [0.15, 0.2) is 5.65 Å². The highest BCUT2D eigenvalue weighted by molar-refractivity contribution is 7.15. The molecular weight excluding hydrogens is 416 g/mol. The number of hydrogen-bond donors (Lipinski definition) is 0. The molecule has 0 bridgehead atoms. The molecule has 1 aliphatic heterocycles. The minimum absolute atomic E-state index is 0.325. The number of benzene rings is 1. The van der Waals surface area contributed by atoms with Gasteiger partial charge in [-0.15, -0.1) is 11.3 Å². The van der Waals surface area contributed by atoms with E-state index in [1.54, 1.807) is 15.9 Å². The zero-order valence-electron chi connectivity index (χ0n) is 16.6. The molecule has 0 N–H and O–H groups in total. The number of halogens is 2. The highest BCUT2D eigenvalue weighted by Crippen LogP contribution is 2.63. The van der Waals surface area contributed by atoms with Gasteiger partial charge in [0.1, 0.15) is 22.5 Å². The molecule has 1 aromatic carbocycles. The van der Waals surface area contributed by atoms with Crippen molar-refractivity contribution >= 4 is 22.8 Å². The summed E-state index contributed by atoms with van der Waals surface area (Å²) in [5, 5.41) is 5.38. The van der Waals surface area contributed by atoms with Crippen molar-refractivity contribution in [3.8, 4) is 10.6 Å². The third-order valence-electron chi connectivity index (χ3n) is 7.02. The molecule has 4 aromatic rings. The maximum atomic E-state index is 14.7. The molecule has 3 fully saturated rings. The Kier molecular flexibility index (Phi) is 3.49. The van der Waals surface area contributed by atoms with Gasteiger partial charge in [0.05, 0.1) is 17.3 Å². The molecule has 156 valence electrons. The minimum atomic E-state index is -0.502. The Morgan fingerprint density at radius 2 is 2.00 bits per heavy atom. The van der Waals surface area contributed by atoms with Crippen LogP contribution in [-0.4, -0.2) is 26.1 Å². The molecular formula is C23H19F2N5S. The van der Waals surface area contributed by atoms with Crippen LogP contribution in [0.2, 0.25) is 0 Å². The molecule has 0 radical (unpaired) electrons. The molecule has 8 heteroatoms. The lowest BCUT2D eigenvalue weighted by Gasteiger charge is -2.30. The Balaban J connectivity index is 1.32. The summed E-state index contributed by atoms with van der Waals surface area (Å²) in [5.74, 6) is 1.01. The molecule has 2 aliphatic carbocycles. The fourth-order valence-electron chi connectivity index (χ4n) is 5.22. The van der Waals surface area contributed by atoms with Gasteiger partial charge in [-0.05, 0) is 61.8 Å². The number of piperidine rings is 1. The largest absolute Gasteiger partial charge is 0.346 e. The first-order chi connectivity index (χ1) is 15.1. The van der Waals surface area contributed by atoms with Crippen LogP contribution < -0.4 is 4.90 Å². The average Bonchev–Trinajstić information content (AvgIpc) is 3.60. The van der Waals surface area contributed by atoms with E-state index < -0.39 is 11.4 Å². The van der Waals surface area contributed by atoms with Crippen LogP contribution in [0.4, 0.5) is 14.6 Å². The summed E-state index contributed by atoms with van der Waals surface area (Å²) in [5.41, 5.74) is 1.60. The maximum Gasteiger partial charge on any atom is 0.167 e. The quantitative estimate of drug-likeness (QED) is 0.446. The minimum Gasteiger partial charge on any atom is -0.346 e. The van der Waals surface area contributed by atoms with Crippen LogP contribution >= 0.6 is 11.3 Å². The van der Waals surface area contributed by atoms with Crippen molar-refractivity contribution in [3.05, 3.63) is 64.9 Å². The maximum absolute atomic E-state index is 14.7. The van der Waals surface area contributed by atoms with Crippen LogP contribution in [-0.2, 0) is 5.54 Å². The molecule has 2 saturated carbocycles. The standard InChI is InChI=1S/C23H19F2N5S/c24-15-3-4-18(25)17(9-15)23-10-14(23)5-7-29(23)20-6-8-30-21(28-20)16(11-27-30)22-26-12-19(31-22)13-1-2-13/h3-4,6,8-9,11-14H,1-2,5,7,10H2/t14-,23+/m0/s1. The van der Waals surface area contributed by atoms with Crippen molar-refractivity contribution in [2.45, 2.75) is 37.1 Å². The van der Waals surface area contributed by atoms with Gasteiger partial charge in [-0.3, -0.25) is 0 Å². The monoisotopic (exact) mass is 435 g/mol. The van der Waals surface area contributed by atoms with Crippen molar-refractivity contribution in [2.75, 3.05) is 11.4 Å². The van der Waals surface area contributed by atoms with Crippen molar-refractivity contribution in [3.63, 3.8) is 0 Å². The van der Waals surface area contributed by atoms with Gasteiger partial charge >= 0.3 is 0 Å². The molecule has 31 heavy (non-hydrogen) atoms. The summed E-state index contributed by atoms with van der Waals surface area (Å²) in [7, 11) is 0. The van der Waals surface area contributed by atoms with Crippen molar-refractivity contribution in [1.29, 1.82) is 0 Å². The topological polar surface area (TPSA) is 46.3 Å². The van der Waals surface area contributed by atoms with Crippen LogP contribution in [0.3, 0.4) is 0 Å². The molecule has 0 spiro atoms. The second-order valence-corrected chi connectivity index (χ2v) is 9.91. The van der Waals surface area contributed by atoms with Crippen LogP contribution in [0.5, 0.6) is 0 Å². The van der Waals surface area contributed by atoms with Crippen LogP contribution in [0.1, 0.15) is 42.0 Å². The second-order valence-electron chi connectivity index (χ2n) is 8.84. The first-order valence-electron chi connectivity index (χ1n) is 10.7. The number of fused-ring (bicyclic) bond motifs is 2. The molecule has 3 aliphatic rings. The van der Waals surface area contributed by atoms with E-state index in [0.717, 1.165) is 41.4 Å². The molecule has 1 saturated heterocycles. The fourth-order valence-corrected chi connectivity index (χ4v) is 6.31. The van der Waals surface area contributed by atoms with Crippen molar-refractivity contribution < 1.29 is 8.78 Å². The third-order valence-corrected chi connectivity index (χ3v) is 8.21. The lowest BCUT2D eigenvalue weighted by Crippen LogP contribution is -2.34. The van der Waals surface area contributed by atoms with Crippen LogP contribution in [0.15, 0.2) is 42.9 Å². The summed E-state index contributed by atoms with van der Waals surface area (Å²) in [6, 6.07) is 5.68. The summed E-state index contributed by atoms with van der Waals surface area (Å²) in [6.07, 6.45) is 9.94. The lowest BCUT2D eigenvalue weighted by atomic mass is 10.0. The summed E-state index contributed by atoms with van der Waals surface area (Å²) >= 11 is 1.71. The second kappa shape index (κ2) is 6.09. The van der Waals surface area contributed by atoms with Gasteiger partial charge < -0.3 is 4.90 Å². The number of nitrogens with zero attached hydrogens (tertiary/aromatic N) is 5. The zero-order valence-corrected chi connectivity index (χ0v) is 17.4. The van der Waals surface area contributed by atoms with E-state index in [0.29, 0.717) is 17.4 Å². The Bertz CT molecular complexity index is 1340. The molecule has 0 amide bonds. The molecule has 0 unspecified atom stereocenters. The van der Waals surface area contributed by atoms with E-state index in [2.05, 4.69) is 15.0 Å². The van der Waals surface area contributed by atoms with Crippen LogP contribution in [0, 0.1) is 17.6 Å². The molecule has 3 aromatic heterocycles. The zero-order chi connectivity index (χ0) is 20.7. The summed E-state index contributed by atoms with van der Waals surface area (Å²) < 4.78 is 30.4. The third kappa shape index (κ3) is 2.54. The molecule has 4 heterocycles. The Labute approximate surface area is 181 Å². The number of thiazole rings is 1. The van der Waals surface area contributed by atoms with Gasteiger partial charge in [-0.1, -0.05) is 0 Å². The van der Waals surface area contributed by atoms with E-state index in [1.165, 1.54) is 35.9 Å². The SMILES string of the molecule is Fc1ccc(F)c([C@@]23C[C@@H]2CCN3c2ccn3ncc(-c4ncc(C5CC5)s4)c3n2)c1. The highest BCUT2D eigenvalue weighted by Gasteiger charge is 2.64. The first kappa shape index (κ1) is 17.8. The first-order valence-corrected chi connectivity index (χ1v) is 11.5.